The number of nitrogens with zero attached hydrogens (tertiary/aromatic N) is 2. The van der Waals surface area contributed by atoms with Crippen molar-refractivity contribution in [3.8, 4) is 5.69 Å². The smallest absolute Gasteiger partial charge is 0.343 e. The third-order valence-corrected chi connectivity index (χ3v) is 4.97. The van der Waals surface area contributed by atoms with Gasteiger partial charge in [-0.15, -0.1) is 0 Å². The van der Waals surface area contributed by atoms with Gasteiger partial charge in [-0.2, -0.15) is 0 Å². The van der Waals surface area contributed by atoms with Crippen LogP contribution in [0.4, 0.5) is 0 Å². The Bertz CT molecular complexity index is 1050. The third kappa shape index (κ3) is 3.40. The minimum absolute atomic E-state index is 0.0818. The number of esters is 1. The van der Waals surface area contributed by atoms with Crippen LogP contribution in [0.3, 0.4) is 0 Å². The number of aromatic nitrogens is 1. The molecule has 0 fully saturated rings. The first-order chi connectivity index (χ1) is 12.7. The van der Waals surface area contributed by atoms with Gasteiger partial charge in [0.1, 0.15) is 11.3 Å². The summed E-state index contributed by atoms with van der Waals surface area (Å²) < 4.78 is 6.71. The number of hydrogen-bond donors (Lipinski definition) is 1. The molecule has 1 aromatic heterocycles. The molecule has 0 bridgehead atoms. The van der Waals surface area contributed by atoms with Gasteiger partial charge in [0.05, 0.1) is 23.5 Å². The SMILES string of the molecule is COC(=O)C1=C(O)/C(=C/c2cc(C)n(-c3ccc(Cl)cc3Cl)c2C)N=C1C. The van der Waals surface area contributed by atoms with Crippen molar-refractivity contribution in [1.29, 1.82) is 0 Å². The van der Waals surface area contributed by atoms with E-state index in [0.29, 0.717) is 21.5 Å². The van der Waals surface area contributed by atoms with Crippen LogP contribution >= 0.6 is 23.2 Å². The van der Waals surface area contributed by atoms with Gasteiger partial charge in [0.25, 0.3) is 0 Å². The van der Waals surface area contributed by atoms with Crippen molar-refractivity contribution in [2.75, 3.05) is 7.11 Å². The first kappa shape index (κ1) is 19.3. The molecule has 0 saturated heterocycles. The minimum Gasteiger partial charge on any atom is -0.505 e. The molecule has 0 spiro atoms. The molecule has 27 heavy (non-hydrogen) atoms. The highest BCUT2D eigenvalue weighted by atomic mass is 35.5. The van der Waals surface area contributed by atoms with Crippen molar-refractivity contribution in [3.05, 3.63) is 68.3 Å². The van der Waals surface area contributed by atoms with Crippen LogP contribution in [0.1, 0.15) is 23.9 Å². The van der Waals surface area contributed by atoms with E-state index in [2.05, 4.69) is 4.99 Å². The largest absolute Gasteiger partial charge is 0.505 e. The van der Waals surface area contributed by atoms with E-state index in [0.717, 1.165) is 22.6 Å². The van der Waals surface area contributed by atoms with E-state index in [9.17, 15) is 9.90 Å². The van der Waals surface area contributed by atoms with Gasteiger partial charge < -0.3 is 14.4 Å². The van der Waals surface area contributed by atoms with Gasteiger partial charge in [-0.25, -0.2) is 9.79 Å². The number of aliphatic imine (C=N–C) groups is 1. The molecule has 140 valence electrons. The molecule has 1 N–H and O–H groups in total. The number of hydrogen-bond acceptors (Lipinski definition) is 4. The zero-order valence-electron chi connectivity index (χ0n) is 15.3. The molecule has 0 atom stereocenters. The van der Waals surface area contributed by atoms with Crippen molar-refractivity contribution in [3.63, 3.8) is 0 Å². The van der Waals surface area contributed by atoms with E-state index < -0.39 is 5.97 Å². The van der Waals surface area contributed by atoms with Crippen molar-refractivity contribution >= 4 is 41.0 Å². The monoisotopic (exact) mass is 404 g/mol. The van der Waals surface area contributed by atoms with Crippen LogP contribution in [-0.4, -0.2) is 28.5 Å². The van der Waals surface area contributed by atoms with Crippen LogP contribution in [0.25, 0.3) is 11.8 Å². The maximum atomic E-state index is 11.8. The summed E-state index contributed by atoms with van der Waals surface area (Å²) in [6.45, 7) is 5.55. The lowest BCUT2D eigenvalue weighted by Crippen LogP contribution is -2.11. The van der Waals surface area contributed by atoms with Gasteiger partial charge in [0.15, 0.2) is 5.76 Å². The van der Waals surface area contributed by atoms with E-state index in [1.54, 1.807) is 25.1 Å². The molecular weight excluding hydrogens is 387 g/mol. The summed E-state index contributed by atoms with van der Waals surface area (Å²) in [6.07, 6.45) is 1.73. The number of rotatable bonds is 3. The number of methoxy groups -OCH3 is 1. The van der Waals surface area contributed by atoms with E-state index >= 15 is 0 Å². The highest BCUT2D eigenvalue weighted by molar-refractivity contribution is 6.35. The molecule has 1 aromatic carbocycles. The fourth-order valence-electron chi connectivity index (χ4n) is 3.15. The van der Waals surface area contributed by atoms with Crippen LogP contribution in [0, 0.1) is 13.8 Å². The quantitative estimate of drug-likeness (QED) is 0.714. The Hall–Kier alpha value is -2.50. The van der Waals surface area contributed by atoms with E-state index in [-0.39, 0.29) is 11.3 Å². The summed E-state index contributed by atoms with van der Waals surface area (Å²) in [5.41, 5.74) is 4.34. The maximum absolute atomic E-state index is 11.8. The zero-order chi connectivity index (χ0) is 19.9. The lowest BCUT2D eigenvalue weighted by molar-refractivity contribution is -0.135. The summed E-state index contributed by atoms with van der Waals surface area (Å²) in [6, 6.07) is 7.28. The maximum Gasteiger partial charge on any atom is 0.343 e. The predicted octanol–water partition coefficient (Wildman–Crippen LogP) is 5.20. The molecule has 1 aliphatic rings. The molecule has 0 amide bonds. The molecule has 0 saturated carbocycles. The lowest BCUT2D eigenvalue weighted by Gasteiger charge is -2.12. The normalized spacial score (nSPS) is 15.5. The lowest BCUT2D eigenvalue weighted by atomic mass is 10.1. The van der Waals surface area contributed by atoms with E-state index in [1.165, 1.54) is 7.11 Å². The Kier molecular flexibility index (Phi) is 5.18. The number of benzene rings is 1. The predicted molar refractivity (Wildman–Crippen MR) is 108 cm³/mol. The number of aliphatic hydroxyl groups is 1. The van der Waals surface area contributed by atoms with Crippen molar-refractivity contribution in [1.82, 2.24) is 4.57 Å². The Morgan fingerprint density at radius 2 is 1.93 bits per heavy atom. The average molecular weight is 405 g/mol. The Morgan fingerprint density at radius 3 is 2.56 bits per heavy atom. The minimum atomic E-state index is -0.615. The molecule has 0 unspecified atom stereocenters. The first-order valence-electron chi connectivity index (χ1n) is 8.18. The Balaban J connectivity index is 2.10. The summed E-state index contributed by atoms with van der Waals surface area (Å²) in [7, 11) is 1.26. The van der Waals surface area contributed by atoms with Crippen molar-refractivity contribution in [2.24, 2.45) is 4.99 Å². The molecule has 2 heterocycles. The Morgan fingerprint density at radius 1 is 1.22 bits per heavy atom. The van der Waals surface area contributed by atoms with Gasteiger partial charge in [-0.1, -0.05) is 23.2 Å². The number of carbonyl (C=O) groups excluding carboxylic acids is 1. The van der Waals surface area contributed by atoms with Crippen LogP contribution in [-0.2, 0) is 9.53 Å². The van der Waals surface area contributed by atoms with Gasteiger partial charge in [0, 0.05) is 16.4 Å². The summed E-state index contributed by atoms with van der Waals surface area (Å²) in [4.78, 5) is 16.1. The Labute approximate surface area is 167 Å². The molecule has 0 aliphatic carbocycles. The number of ether oxygens (including phenoxy) is 1. The summed E-state index contributed by atoms with van der Waals surface area (Å²) in [5, 5.41) is 11.5. The fraction of sp³-hybridized carbons (Fsp3) is 0.200. The second kappa shape index (κ2) is 7.25. The highest BCUT2D eigenvalue weighted by Crippen LogP contribution is 2.31. The van der Waals surface area contributed by atoms with Crippen LogP contribution < -0.4 is 0 Å². The van der Waals surface area contributed by atoms with Crippen LogP contribution in [0.5, 0.6) is 0 Å². The van der Waals surface area contributed by atoms with Crippen molar-refractivity contribution < 1.29 is 14.6 Å². The van der Waals surface area contributed by atoms with Crippen molar-refractivity contribution in [2.45, 2.75) is 20.8 Å². The van der Waals surface area contributed by atoms with Gasteiger partial charge in [-0.3, -0.25) is 0 Å². The number of carbonyl (C=O) groups is 1. The topological polar surface area (TPSA) is 63.8 Å². The zero-order valence-corrected chi connectivity index (χ0v) is 16.8. The molecule has 2 aromatic rings. The highest BCUT2D eigenvalue weighted by Gasteiger charge is 2.27. The molecule has 0 radical (unpaired) electrons. The molecular formula is C20H18Cl2N2O3. The van der Waals surface area contributed by atoms with Crippen LogP contribution in [0.2, 0.25) is 10.0 Å². The standard InChI is InChI=1S/C20H18Cl2N2O3/c1-10-7-13(8-16-19(25)18(11(2)23-16)20(26)27-4)12(3)24(10)17-6-5-14(21)9-15(17)22/h5-9,25H,1-4H3/b16-8-. The second-order valence-corrected chi connectivity index (χ2v) is 7.04. The summed E-state index contributed by atoms with van der Waals surface area (Å²) >= 11 is 12.4. The molecule has 7 heteroatoms. The van der Waals surface area contributed by atoms with Gasteiger partial charge in [-0.05, 0) is 56.7 Å². The number of aliphatic hydroxyl groups excluding tert-OH is 1. The fourth-order valence-corrected chi connectivity index (χ4v) is 3.64. The number of halogens is 2. The summed E-state index contributed by atoms with van der Waals surface area (Å²) in [5.74, 6) is -0.802. The van der Waals surface area contributed by atoms with E-state index in [4.69, 9.17) is 27.9 Å². The molecule has 5 nitrogen and oxygen atoms in total. The first-order valence-corrected chi connectivity index (χ1v) is 8.93. The van der Waals surface area contributed by atoms with Gasteiger partial charge in [0.2, 0.25) is 0 Å². The average Bonchev–Trinajstić information content (AvgIpc) is 3.04. The molecule has 3 rings (SSSR count). The third-order valence-electron chi connectivity index (χ3n) is 4.43. The second-order valence-electron chi connectivity index (χ2n) is 6.20. The van der Waals surface area contributed by atoms with Gasteiger partial charge >= 0.3 is 5.97 Å². The molecule has 1 aliphatic heterocycles. The van der Waals surface area contributed by atoms with E-state index in [1.807, 2.05) is 30.5 Å². The number of aryl methyl sites for hydroxylation is 1. The van der Waals surface area contributed by atoms with Crippen LogP contribution in [0.15, 0.2) is 46.3 Å².